The van der Waals surface area contributed by atoms with Crippen LogP contribution in [0.4, 0.5) is 0 Å². The van der Waals surface area contributed by atoms with Crippen LogP contribution in [0.25, 0.3) is 0 Å². The highest BCUT2D eigenvalue weighted by Crippen LogP contribution is 2.29. The van der Waals surface area contributed by atoms with Gasteiger partial charge in [0.15, 0.2) is 0 Å². The van der Waals surface area contributed by atoms with Gasteiger partial charge in [-0.25, -0.2) is 5.43 Å². The molecule has 0 aliphatic carbocycles. The Morgan fingerprint density at radius 1 is 1.14 bits per heavy atom. The second-order valence-corrected chi connectivity index (χ2v) is 4.92. The van der Waals surface area contributed by atoms with Gasteiger partial charge in [-0.1, -0.05) is 23.2 Å². The molecular formula is C14H10Cl2N2O3. The summed E-state index contributed by atoms with van der Waals surface area (Å²) in [6.45, 7) is 0. The molecular weight excluding hydrogens is 315 g/mol. The Labute approximate surface area is 130 Å². The van der Waals surface area contributed by atoms with E-state index in [-0.39, 0.29) is 22.1 Å². The molecule has 2 aromatic rings. The molecule has 0 fully saturated rings. The number of phenolic OH excluding ortho intramolecular Hbond substituents is 2. The van der Waals surface area contributed by atoms with Crippen LogP contribution in [0.2, 0.25) is 10.0 Å². The summed E-state index contributed by atoms with van der Waals surface area (Å²) in [4.78, 5) is 11.7. The fraction of sp³-hybridized carbons (Fsp3) is 0. The van der Waals surface area contributed by atoms with E-state index >= 15 is 0 Å². The predicted molar refractivity (Wildman–Crippen MR) is 81.3 cm³/mol. The summed E-state index contributed by atoms with van der Waals surface area (Å²) < 4.78 is 0. The van der Waals surface area contributed by atoms with Crippen LogP contribution < -0.4 is 5.43 Å². The van der Waals surface area contributed by atoms with Gasteiger partial charge in [0.25, 0.3) is 5.91 Å². The molecule has 0 saturated heterocycles. The number of aromatic hydroxyl groups is 2. The van der Waals surface area contributed by atoms with Crippen molar-refractivity contribution >= 4 is 35.3 Å². The van der Waals surface area contributed by atoms with Crippen molar-refractivity contribution in [2.75, 3.05) is 0 Å². The zero-order chi connectivity index (χ0) is 15.4. The van der Waals surface area contributed by atoms with Crippen LogP contribution in [0.15, 0.2) is 41.5 Å². The van der Waals surface area contributed by atoms with E-state index < -0.39 is 5.91 Å². The quantitative estimate of drug-likeness (QED) is 0.599. The maximum Gasteiger partial charge on any atom is 0.271 e. The molecule has 0 spiro atoms. The lowest BCUT2D eigenvalue weighted by molar-refractivity contribution is 0.0955. The molecule has 0 saturated carbocycles. The van der Waals surface area contributed by atoms with Crippen LogP contribution in [0.1, 0.15) is 15.9 Å². The molecule has 0 aromatic heterocycles. The highest BCUT2D eigenvalue weighted by molar-refractivity contribution is 6.36. The third kappa shape index (κ3) is 3.87. The molecule has 0 bridgehead atoms. The van der Waals surface area contributed by atoms with Crippen molar-refractivity contribution in [1.82, 2.24) is 5.43 Å². The fourth-order valence-corrected chi connectivity index (χ4v) is 2.03. The van der Waals surface area contributed by atoms with Crippen molar-refractivity contribution in [2.24, 2.45) is 5.10 Å². The summed E-state index contributed by atoms with van der Waals surface area (Å²) in [5.74, 6) is -0.573. The molecule has 2 aromatic carbocycles. The largest absolute Gasteiger partial charge is 0.508 e. The first-order valence-electron chi connectivity index (χ1n) is 5.78. The van der Waals surface area contributed by atoms with Crippen molar-refractivity contribution in [2.45, 2.75) is 0 Å². The number of amides is 1. The summed E-state index contributed by atoms with van der Waals surface area (Å²) in [5, 5.41) is 23.0. The molecule has 0 radical (unpaired) electrons. The first kappa shape index (κ1) is 15.2. The van der Waals surface area contributed by atoms with Crippen LogP contribution in [-0.4, -0.2) is 22.3 Å². The number of phenols is 2. The molecule has 0 atom stereocenters. The van der Waals surface area contributed by atoms with Gasteiger partial charge in [0.1, 0.15) is 11.5 Å². The van der Waals surface area contributed by atoms with Gasteiger partial charge in [-0.05, 0) is 36.4 Å². The molecule has 21 heavy (non-hydrogen) atoms. The van der Waals surface area contributed by atoms with Crippen LogP contribution in [0.3, 0.4) is 0 Å². The van der Waals surface area contributed by atoms with Gasteiger partial charge in [-0.3, -0.25) is 4.79 Å². The Morgan fingerprint density at radius 2 is 1.81 bits per heavy atom. The van der Waals surface area contributed by atoms with Gasteiger partial charge in [-0.15, -0.1) is 0 Å². The van der Waals surface area contributed by atoms with E-state index in [0.717, 1.165) is 0 Å². The number of rotatable bonds is 3. The van der Waals surface area contributed by atoms with E-state index in [1.807, 2.05) is 0 Å². The Morgan fingerprint density at radius 3 is 2.48 bits per heavy atom. The minimum absolute atomic E-state index is 0.0635. The number of nitrogens with one attached hydrogen (secondary N) is 1. The monoisotopic (exact) mass is 324 g/mol. The van der Waals surface area contributed by atoms with Crippen molar-refractivity contribution < 1.29 is 15.0 Å². The standard InChI is InChI=1S/C14H10Cl2N2O3/c15-10-5-9(13(20)12(16)6-10)7-17-18-14(21)8-1-3-11(19)4-2-8/h1-7,19-20H,(H,18,21). The van der Waals surface area contributed by atoms with Crippen LogP contribution in [-0.2, 0) is 0 Å². The Balaban J connectivity index is 2.09. The normalized spacial score (nSPS) is 10.8. The summed E-state index contributed by atoms with van der Waals surface area (Å²) in [6.07, 6.45) is 1.23. The fourth-order valence-electron chi connectivity index (χ4n) is 1.52. The average Bonchev–Trinajstić information content (AvgIpc) is 2.44. The number of carbonyl (C=O) groups excluding carboxylic acids is 1. The molecule has 3 N–H and O–H groups in total. The summed E-state index contributed by atoms with van der Waals surface area (Å²) in [6, 6.07) is 8.54. The molecule has 0 aliphatic heterocycles. The van der Waals surface area contributed by atoms with Crippen LogP contribution in [0, 0.1) is 0 Å². The molecule has 0 heterocycles. The Bertz CT molecular complexity index is 700. The topological polar surface area (TPSA) is 81.9 Å². The maximum atomic E-state index is 11.7. The molecule has 1 amide bonds. The molecule has 108 valence electrons. The Kier molecular flexibility index (Phi) is 4.67. The lowest BCUT2D eigenvalue weighted by Gasteiger charge is -2.03. The first-order chi connectivity index (χ1) is 9.97. The SMILES string of the molecule is O=C(NN=Cc1cc(Cl)cc(Cl)c1O)c1ccc(O)cc1. The van der Waals surface area contributed by atoms with Crippen molar-refractivity contribution in [3.8, 4) is 11.5 Å². The van der Waals surface area contributed by atoms with E-state index in [0.29, 0.717) is 10.6 Å². The van der Waals surface area contributed by atoms with Crippen LogP contribution >= 0.6 is 23.2 Å². The van der Waals surface area contributed by atoms with Gasteiger partial charge >= 0.3 is 0 Å². The van der Waals surface area contributed by atoms with E-state index in [1.54, 1.807) is 0 Å². The number of carbonyl (C=O) groups is 1. The van der Waals surface area contributed by atoms with Gasteiger partial charge in [-0.2, -0.15) is 5.10 Å². The second kappa shape index (κ2) is 6.47. The zero-order valence-electron chi connectivity index (χ0n) is 10.5. The van der Waals surface area contributed by atoms with Crippen molar-refractivity contribution in [1.29, 1.82) is 0 Å². The van der Waals surface area contributed by atoms with Gasteiger partial charge in [0, 0.05) is 16.1 Å². The van der Waals surface area contributed by atoms with E-state index in [2.05, 4.69) is 10.5 Å². The van der Waals surface area contributed by atoms with E-state index in [4.69, 9.17) is 28.3 Å². The average molecular weight is 325 g/mol. The molecule has 2 rings (SSSR count). The summed E-state index contributed by atoms with van der Waals surface area (Å²) in [7, 11) is 0. The number of hydrogen-bond acceptors (Lipinski definition) is 4. The predicted octanol–water partition coefficient (Wildman–Crippen LogP) is 3.17. The smallest absolute Gasteiger partial charge is 0.271 e. The molecule has 7 heteroatoms. The van der Waals surface area contributed by atoms with Crippen molar-refractivity contribution in [3.63, 3.8) is 0 Å². The third-order valence-electron chi connectivity index (χ3n) is 2.56. The lowest BCUT2D eigenvalue weighted by Crippen LogP contribution is -2.17. The zero-order valence-corrected chi connectivity index (χ0v) is 12.1. The van der Waals surface area contributed by atoms with E-state index in [1.165, 1.54) is 42.6 Å². The molecule has 0 unspecified atom stereocenters. The molecule has 0 aliphatic rings. The first-order valence-corrected chi connectivity index (χ1v) is 6.53. The van der Waals surface area contributed by atoms with Gasteiger partial charge in [0.05, 0.1) is 11.2 Å². The number of hydrogen-bond donors (Lipinski definition) is 3. The highest BCUT2D eigenvalue weighted by Gasteiger charge is 2.07. The minimum atomic E-state index is -0.459. The van der Waals surface area contributed by atoms with Gasteiger partial charge < -0.3 is 10.2 Å². The number of halogens is 2. The maximum absolute atomic E-state index is 11.7. The number of nitrogens with zero attached hydrogens (tertiary/aromatic N) is 1. The summed E-state index contributed by atoms with van der Waals surface area (Å²) >= 11 is 11.6. The van der Waals surface area contributed by atoms with Crippen LogP contribution in [0.5, 0.6) is 11.5 Å². The summed E-state index contributed by atoms with van der Waals surface area (Å²) in [5.41, 5.74) is 2.89. The number of benzene rings is 2. The van der Waals surface area contributed by atoms with E-state index in [9.17, 15) is 9.90 Å². The number of hydrazone groups is 1. The third-order valence-corrected chi connectivity index (χ3v) is 3.06. The minimum Gasteiger partial charge on any atom is -0.508 e. The Hall–Kier alpha value is -2.24. The second-order valence-electron chi connectivity index (χ2n) is 4.07. The lowest BCUT2D eigenvalue weighted by atomic mass is 10.2. The van der Waals surface area contributed by atoms with Gasteiger partial charge in [0.2, 0.25) is 0 Å². The highest BCUT2D eigenvalue weighted by atomic mass is 35.5. The van der Waals surface area contributed by atoms with Crippen molar-refractivity contribution in [3.05, 3.63) is 57.6 Å². The molecule has 5 nitrogen and oxygen atoms in total.